The summed E-state index contributed by atoms with van der Waals surface area (Å²) in [6.45, 7) is 0.197. The van der Waals surface area contributed by atoms with Crippen molar-refractivity contribution in [2.45, 2.75) is 6.61 Å². The zero-order valence-corrected chi connectivity index (χ0v) is 12.9. The molecular weight excluding hydrogens is 308 g/mol. The van der Waals surface area contributed by atoms with Crippen LogP contribution in [0.4, 0.5) is 0 Å². The minimum absolute atomic E-state index is 0.0213. The molecule has 2 aromatic rings. The van der Waals surface area contributed by atoms with E-state index >= 15 is 0 Å². The minimum Gasteiger partial charge on any atom is -0.493 e. The van der Waals surface area contributed by atoms with Gasteiger partial charge in [0.15, 0.2) is 11.5 Å². The quantitative estimate of drug-likeness (QED) is 0.879. The van der Waals surface area contributed by atoms with E-state index in [1.807, 2.05) is 6.07 Å². The fourth-order valence-electron chi connectivity index (χ4n) is 1.93. The predicted octanol–water partition coefficient (Wildman–Crippen LogP) is 3.63. The van der Waals surface area contributed by atoms with Gasteiger partial charge in [-0.05, 0) is 35.9 Å². The van der Waals surface area contributed by atoms with Crippen LogP contribution in [0.25, 0.3) is 0 Å². The zero-order chi connectivity index (χ0) is 16.1. The number of methoxy groups -OCH3 is 2. The first kappa shape index (κ1) is 16.0. The van der Waals surface area contributed by atoms with Crippen molar-refractivity contribution in [3.05, 3.63) is 52.5 Å². The van der Waals surface area contributed by atoms with E-state index in [0.29, 0.717) is 16.5 Å². The second-order valence-electron chi connectivity index (χ2n) is 4.42. The Morgan fingerprint density at radius 2 is 1.73 bits per heavy atom. The fourth-order valence-corrected chi connectivity index (χ4v) is 2.10. The molecule has 0 aliphatic rings. The third-order valence-corrected chi connectivity index (χ3v) is 3.25. The molecule has 1 N–H and O–H groups in total. The molecule has 2 aromatic carbocycles. The monoisotopic (exact) mass is 322 g/mol. The lowest BCUT2D eigenvalue weighted by Crippen LogP contribution is -2.03. The van der Waals surface area contributed by atoms with Gasteiger partial charge in [-0.2, -0.15) is 0 Å². The Bertz CT molecular complexity index is 684. The zero-order valence-electron chi connectivity index (χ0n) is 12.1. The normalized spacial score (nSPS) is 10.1. The molecule has 6 heteroatoms. The molecule has 2 rings (SSSR count). The number of carbonyl (C=O) groups is 1. The van der Waals surface area contributed by atoms with Gasteiger partial charge in [-0.25, -0.2) is 4.79 Å². The van der Waals surface area contributed by atoms with Crippen molar-refractivity contribution in [1.82, 2.24) is 0 Å². The Kier molecular flexibility index (Phi) is 5.12. The number of hydrogen-bond donors (Lipinski definition) is 1. The summed E-state index contributed by atoms with van der Waals surface area (Å²) in [4.78, 5) is 11.2. The van der Waals surface area contributed by atoms with Crippen LogP contribution in [0.2, 0.25) is 5.02 Å². The molecule has 0 atom stereocenters. The average Bonchev–Trinajstić information content (AvgIpc) is 2.53. The molecule has 5 nitrogen and oxygen atoms in total. The average molecular weight is 323 g/mol. The Labute approximate surface area is 133 Å². The second-order valence-corrected chi connectivity index (χ2v) is 4.86. The lowest BCUT2D eigenvalue weighted by atomic mass is 10.2. The first-order valence-electron chi connectivity index (χ1n) is 6.41. The molecule has 0 radical (unpaired) electrons. The highest BCUT2D eigenvalue weighted by molar-refractivity contribution is 6.31. The SMILES string of the molecule is COc1ccc(COc2ccc(Cl)cc2C(=O)O)cc1OC. The first-order chi connectivity index (χ1) is 10.5. The van der Waals surface area contributed by atoms with Crippen molar-refractivity contribution in [2.24, 2.45) is 0 Å². The number of carboxylic acids is 1. The van der Waals surface area contributed by atoms with Crippen LogP contribution in [0.1, 0.15) is 15.9 Å². The third kappa shape index (κ3) is 3.62. The van der Waals surface area contributed by atoms with E-state index in [9.17, 15) is 4.79 Å². The predicted molar refractivity (Wildman–Crippen MR) is 82.3 cm³/mol. The van der Waals surface area contributed by atoms with Gasteiger partial charge in [0, 0.05) is 5.02 Å². The molecule has 0 aliphatic carbocycles. The standard InChI is InChI=1S/C16H15ClO5/c1-20-14-5-3-10(7-15(14)21-2)9-22-13-6-4-11(17)8-12(13)16(18)19/h3-8H,9H2,1-2H3,(H,18,19). The van der Waals surface area contributed by atoms with Crippen molar-refractivity contribution in [3.63, 3.8) is 0 Å². The molecule has 0 saturated carbocycles. The molecule has 0 bridgehead atoms. The van der Waals surface area contributed by atoms with Gasteiger partial charge in [0.25, 0.3) is 0 Å². The largest absolute Gasteiger partial charge is 0.493 e. The van der Waals surface area contributed by atoms with Gasteiger partial charge in [0.2, 0.25) is 0 Å². The number of carboxylic acid groups (broad SMARTS) is 1. The highest BCUT2D eigenvalue weighted by Gasteiger charge is 2.12. The first-order valence-corrected chi connectivity index (χ1v) is 6.79. The molecule has 0 fully saturated rings. The molecule has 0 aromatic heterocycles. The summed E-state index contributed by atoms with van der Waals surface area (Å²) in [5, 5.41) is 9.51. The summed E-state index contributed by atoms with van der Waals surface area (Å²) in [5.74, 6) is 0.360. The summed E-state index contributed by atoms with van der Waals surface area (Å²) in [5.41, 5.74) is 0.844. The van der Waals surface area contributed by atoms with E-state index in [0.717, 1.165) is 5.56 Å². The maximum Gasteiger partial charge on any atom is 0.339 e. The summed E-state index contributed by atoms with van der Waals surface area (Å²) in [7, 11) is 3.10. The van der Waals surface area contributed by atoms with E-state index < -0.39 is 5.97 Å². The van der Waals surface area contributed by atoms with Gasteiger partial charge in [-0.3, -0.25) is 0 Å². The van der Waals surface area contributed by atoms with Crippen LogP contribution < -0.4 is 14.2 Å². The highest BCUT2D eigenvalue weighted by atomic mass is 35.5. The highest BCUT2D eigenvalue weighted by Crippen LogP contribution is 2.29. The molecule has 116 valence electrons. The van der Waals surface area contributed by atoms with Crippen LogP contribution in [-0.4, -0.2) is 25.3 Å². The van der Waals surface area contributed by atoms with E-state index in [1.54, 1.807) is 32.4 Å². The van der Waals surface area contributed by atoms with Crippen molar-refractivity contribution in [3.8, 4) is 17.2 Å². The molecular formula is C16H15ClO5. The van der Waals surface area contributed by atoms with E-state index in [2.05, 4.69) is 0 Å². The van der Waals surface area contributed by atoms with Gasteiger partial charge in [-0.15, -0.1) is 0 Å². The van der Waals surface area contributed by atoms with Crippen molar-refractivity contribution < 1.29 is 24.1 Å². The molecule has 0 saturated heterocycles. The minimum atomic E-state index is -1.09. The van der Waals surface area contributed by atoms with Crippen LogP contribution in [0.5, 0.6) is 17.2 Å². The number of aromatic carboxylic acids is 1. The van der Waals surface area contributed by atoms with Crippen LogP contribution in [0.3, 0.4) is 0 Å². The van der Waals surface area contributed by atoms with Crippen LogP contribution in [0.15, 0.2) is 36.4 Å². The van der Waals surface area contributed by atoms with Gasteiger partial charge >= 0.3 is 5.97 Å². The maximum atomic E-state index is 11.2. The van der Waals surface area contributed by atoms with Crippen LogP contribution in [-0.2, 0) is 6.61 Å². The molecule has 0 amide bonds. The van der Waals surface area contributed by atoms with E-state index in [4.69, 9.17) is 30.9 Å². The molecule has 0 aliphatic heterocycles. The molecule has 0 spiro atoms. The Morgan fingerprint density at radius 3 is 2.36 bits per heavy atom. The summed E-state index contributed by atoms with van der Waals surface area (Å²) < 4.78 is 16.0. The molecule has 0 heterocycles. The number of ether oxygens (including phenoxy) is 3. The van der Waals surface area contributed by atoms with Crippen molar-refractivity contribution in [2.75, 3.05) is 14.2 Å². The van der Waals surface area contributed by atoms with Gasteiger partial charge in [-0.1, -0.05) is 17.7 Å². The van der Waals surface area contributed by atoms with Crippen molar-refractivity contribution >= 4 is 17.6 Å². The lowest BCUT2D eigenvalue weighted by Gasteiger charge is -2.12. The van der Waals surface area contributed by atoms with E-state index in [-0.39, 0.29) is 17.9 Å². The second kappa shape index (κ2) is 7.04. The summed E-state index contributed by atoms with van der Waals surface area (Å²) in [6, 6.07) is 9.82. The lowest BCUT2D eigenvalue weighted by molar-refractivity contribution is 0.0691. The number of benzene rings is 2. The number of hydrogen-bond acceptors (Lipinski definition) is 4. The summed E-state index contributed by atoms with van der Waals surface area (Å²) in [6.07, 6.45) is 0. The molecule has 0 unspecified atom stereocenters. The van der Waals surface area contributed by atoms with E-state index in [1.165, 1.54) is 12.1 Å². The fraction of sp³-hybridized carbons (Fsp3) is 0.188. The number of rotatable bonds is 6. The van der Waals surface area contributed by atoms with Gasteiger partial charge < -0.3 is 19.3 Å². The third-order valence-electron chi connectivity index (χ3n) is 3.01. The van der Waals surface area contributed by atoms with Crippen LogP contribution >= 0.6 is 11.6 Å². The van der Waals surface area contributed by atoms with Crippen molar-refractivity contribution in [1.29, 1.82) is 0 Å². The Hall–Kier alpha value is -2.40. The Morgan fingerprint density at radius 1 is 1.05 bits per heavy atom. The maximum absolute atomic E-state index is 11.2. The molecule has 22 heavy (non-hydrogen) atoms. The summed E-state index contributed by atoms with van der Waals surface area (Å²) >= 11 is 5.80. The Balaban J connectivity index is 2.18. The van der Waals surface area contributed by atoms with Gasteiger partial charge in [0.05, 0.1) is 14.2 Å². The topological polar surface area (TPSA) is 65.0 Å². The smallest absolute Gasteiger partial charge is 0.339 e. The van der Waals surface area contributed by atoms with Gasteiger partial charge in [0.1, 0.15) is 17.9 Å². The number of halogens is 1. The van der Waals surface area contributed by atoms with Crippen LogP contribution in [0, 0.1) is 0 Å².